The Kier molecular flexibility index (Phi) is 6.52. The molecule has 0 N–H and O–H groups in total. The van der Waals surface area contributed by atoms with Gasteiger partial charge in [-0.05, 0) is 43.9 Å². The molecule has 0 radical (unpaired) electrons. The number of ether oxygens (including phenoxy) is 1. The molecule has 0 bridgehead atoms. The maximum atomic E-state index is 12.3. The van der Waals surface area contributed by atoms with Crippen molar-refractivity contribution in [3.63, 3.8) is 0 Å². The van der Waals surface area contributed by atoms with E-state index in [1.54, 1.807) is 20.2 Å². The topological polar surface area (TPSA) is 62.7 Å². The zero-order valence-corrected chi connectivity index (χ0v) is 13.9. The van der Waals surface area contributed by atoms with Crippen molar-refractivity contribution in [1.82, 2.24) is 14.8 Å². The van der Waals surface area contributed by atoms with Crippen LogP contribution in [0.25, 0.3) is 0 Å². The fourth-order valence-corrected chi connectivity index (χ4v) is 2.89. The summed E-state index contributed by atoms with van der Waals surface area (Å²) in [4.78, 5) is 31.5. The fraction of sp³-hybridized carbons (Fsp3) is 0.588. The van der Waals surface area contributed by atoms with Crippen molar-refractivity contribution in [3.8, 4) is 0 Å². The number of aromatic nitrogens is 1. The van der Waals surface area contributed by atoms with E-state index in [2.05, 4.69) is 16.0 Å². The quantitative estimate of drug-likeness (QED) is 0.739. The molecule has 2 rings (SSSR count). The molecule has 2 heterocycles. The summed E-state index contributed by atoms with van der Waals surface area (Å²) in [6, 6.07) is 4.04. The van der Waals surface area contributed by atoms with E-state index in [1.165, 1.54) is 10.5 Å². The van der Waals surface area contributed by atoms with E-state index in [4.69, 9.17) is 4.74 Å². The highest BCUT2D eigenvalue weighted by atomic mass is 16.5. The molecule has 6 nitrogen and oxygen atoms in total. The van der Waals surface area contributed by atoms with Gasteiger partial charge in [-0.25, -0.2) is 0 Å². The number of rotatable bonds is 6. The van der Waals surface area contributed by atoms with Crippen LogP contribution in [0.3, 0.4) is 0 Å². The summed E-state index contributed by atoms with van der Waals surface area (Å²) in [5.74, 6) is 0.000679. The van der Waals surface area contributed by atoms with Gasteiger partial charge in [-0.3, -0.25) is 19.5 Å². The molecule has 1 aliphatic heterocycles. The molecular weight excluding hydrogens is 294 g/mol. The van der Waals surface area contributed by atoms with E-state index in [0.29, 0.717) is 19.1 Å². The summed E-state index contributed by atoms with van der Waals surface area (Å²) in [5, 5.41) is 0. The predicted molar refractivity (Wildman–Crippen MR) is 86.9 cm³/mol. The minimum atomic E-state index is -0.366. The van der Waals surface area contributed by atoms with E-state index in [1.807, 2.05) is 12.3 Å². The maximum absolute atomic E-state index is 12.3. The van der Waals surface area contributed by atoms with Crippen molar-refractivity contribution >= 4 is 11.9 Å². The van der Waals surface area contributed by atoms with Gasteiger partial charge in [0, 0.05) is 26.0 Å². The van der Waals surface area contributed by atoms with Gasteiger partial charge in [0.2, 0.25) is 5.91 Å². The summed E-state index contributed by atoms with van der Waals surface area (Å²) in [6.45, 7) is 4.20. The zero-order valence-electron chi connectivity index (χ0n) is 13.9. The van der Waals surface area contributed by atoms with Crippen molar-refractivity contribution in [2.24, 2.45) is 0 Å². The minimum absolute atomic E-state index is 0.00650. The summed E-state index contributed by atoms with van der Waals surface area (Å²) in [5.41, 5.74) is 1.23. The van der Waals surface area contributed by atoms with Gasteiger partial charge in [-0.15, -0.1) is 0 Å². The lowest BCUT2D eigenvalue weighted by Crippen LogP contribution is -2.44. The second-order valence-corrected chi connectivity index (χ2v) is 5.92. The molecule has 1 saturated heterocycles. The second-order valence-electron chi connectivity index (χ2n) is 5.92. The SMILES string of the molecule is CCOC(=O)CN(C)C(=O)CN1CCCC(c2cccnc2)C1. The Balaban J connectivity index is 1.84. The summed E-state index contributed by atoms with van der Waals surface area (Å²) >= 11 is 0. The van der Waals surface area contributed by atoms with Crippen molar-refractivity contribution in [2.45, 2.75) is 25.7 Å². The van der Waals surface area contributed by atoms with Crippen LogP contribution >= 0.6 is 0 Å². The Morgan fingerprint density at radius 3 is 3.00 bits per heavy atom. The van der Waals surface area contributed by atoms with Gasteiger partial charge in [-0.1, -0.05) is 6.07 Å². The smallest absolute Gasteiger partial charge is 0.325 e. The lowest BCUT2D eigenvalue weighted by atomic mass is 9.92. The van der Waals surface area contributed by atoms with Gasteiger partial charge in [0.05, 0.1) is 13.2 Å². The molecule has 0 aromatic carbocycles. The normalized spacial score (nSPS) is 18.4. The molecule has 1 aromatic rings. The summed E-state index contributed by atoms with van der Waals surface area (Å²) in [7, 11) is 1.64. The first-order valence-electron chi connectivity index (χ1n) is 8.12. The number of carbonyl (C=O) groups excluding carboxylic acids is 2. The highest BCUT2D eigenvalue weighted by Crippen LogP contribution is 2.25. The number of pyridine rings is 1. The van der Waals surface area contributed by atoms with Crippen LogP contribution in [0.5, 0.6) is 0 Å². The standard InChI is InChI=1S/C17H25N3O3/c1-3-23-17(22)13-19(2)16(21)12-20-9-5-7-15(11-20)14-6-4-8-18-10-14/h4,6,8,10,15H,3,5,7,9,11-13H2,1-2H3. The molecule has 23 heavy (non-hydrogen) atoms. The first-order valence-corrected chi connectivity index (χ1v) is 8.12. The van der Waals surface area contributed by atoms with Gasteiger partial charge in [0.1, 0.15) is 6.54 Å². The molecule has 1 unspecified atom stereocenters. The number of amides is 1. The first kappa shape index (κ1) is 17.4. The summed E-state index contributed by atoms with van der Waals surface area (Å²) in [6.07, 6.45) is 5.87. The Bertz CT molecular complexity index is 521. The number of likely N-dealkylation sites (N-methyl/N-ethyl adjacent to an activating group) is 1. The number of carbonyl (C=O) groups is 2. The van der Waals surface area contributed by atoms with E-state index >= 15 is 0 Å². The van der Waals surface area contributed by atoms with E-state index in [9.17, 15) is 9.59 Å². The van der Waals surface area contributed by atoms with Crippen molar-refractivity contribution in [3.05, 3.63) is 30.1 Å². The fourth-order valence-electron chi connectivity index (χ4n) is 2.89. The van der Waals surface area contributed by atoms with Gasteiger partial charge >= 0.3 is 5.97 Å². The van der Waals surface area contributed by atoms with Crippen LogP contribution in [0, 0.1) is 0 Å². The zero-order chi connectivity index (χ0) is 16.7. The van der Waals surface area contributed by atoms with Crippen LogP contribution in [0.2, 0.25) is 0 Å². The Morgan fingerprint density at radius 1 is 1.48 bits per heavy atom. The van der Waals surface area contributed by atoms with Crippen LogP contribution in [0.15, 0.2) is 24.5 Å². The third-order valence-corrected chi connectivity index (χ3v) is 4.12. The minimum Gasteiger partial charge on any atom is -0.465 e. The number of piperidine rings is 1. The molecule has 1 aliphatic rings. The van der Waals surface area contributed by atoms with Gasteiger partial charge in [-0.2, -0.15) is 0 Å². The molecule has 126 valence electrons. The molecule has 1 fully saturated rings. The highest BCUT2D eigenvalue weighted by molar-refractivity contribution is 5.83. The van der Waals surface area contributed by atoms with Crippen molar-refractivity contribution < 1.29 is 14.3 Å². The molecule has 0 aliphatic carbocycles. The third-order valence-electron chi connectivity index (χ3n) is 4.12. The third kappa shape index (κ3) is 5.32. The summed E-state index contributed by atoms with van der Waals surface area (Å²) < 4.78 is 4.87. The lowest BCUT2D eigenvalue weighted by molar-refractivity contribution is -0.148. The molecular formula is C17H25N3O3. The van der Waals surface area contributed by atoms with Crippen LogP contribution < -0.4 is 0 Å². The van der Waals surface area contributed by atoms with Crippen LogP contribution in [-0.2, 0) is 14.3 Å². The molecule has 1 amide bonds. The number of hydrogen-bond donors (Lipinski definition) is 0. The van der Waals surface area contributed by atoms with Crippen molar-refractivity contribution in [2.75, 3.05) is 39.8 Å². The van der Waals surface area contributed by atoms with Crippen LogP contribution in [0.4, 0.5) is 0 Å². The van der Waals surface area contributed by atoms with Gasteiger partial charge in [0.15, 0.2) is 0 Å². The van der Waals surface area contributed by atoms with E-state index in [0.717, 1.165) is 25.9 Å². The van der Waals surface area contributed by atoms with Gasteiger partial charge in [0.25, 0.3) is 0 Å². The average Bonchev–Trinajstić information content (AvgIpc) is 2.56. The Hall–Kier alpha value is -1.95. The first-order chi connectivity index (χ1) is 11.1. The largest absolute Gasteiger partial charge is 0.465 e. The molecule has 1 aromatic heterocycles. The molecule has 0 saturated carbocycles. The number of hydrogen-bond acceptors (Lipinski definition) is 5. The van der Waals surface area contributed by atoms with Crippen LogP contribution in [-0.4, -0.2) is 66.5 Å². The number of nitrogens with zero attached hydrogens (tertiary/aromatic N) is 3. The predicted octanol–water partition coefficient (Wildman–Crippen LogP) is 1.28. The Morgan fingerprint density at radius 2 is 2.30 bits per heavy atom. The Labute approximate surface area is 137 Å². The molecule has 0 spiro atoms. The van der Waals surface area contributed by atoms with E-state index < -0.39 is 0 Å². The number of esters is 1. The molecule has 6 heteroatoms. The monoisotopic (exact) mass is 319 g/mol. The highest BCUT2D eigenvalue weighted by Gasteiger charge is 2.24. The number of likely N-dealkylation sites (tertiary alicyclic amines) is 1. The van der Waals surface area contributed by atoms with E-state index in [-0.39, 0.29) is 18.4 Å². The lowest BCUT2D eigenvalue weighted by Gasteiger charge is -2.33. The van der Waals surface area contributed by atoms with Gasteiger partial charge < -0.3 is 9.64 Å². The molecule has 1 atom stereocenters. The second kappa shape index (κ2) is 8.62. The maximum Gasteiger partial charge on any atom is 0.325 e. The van der Waals surface area contributed by atoms with Crippen LogP contribution in [0.1, 0.15) is 31.2 Å². The average molecular weight is 319 g/mol. The van der Waals surface area contributed by atoms with Crippen molar-refractivity contribution in [1.29, 1.82) is 0 Å².